The van der Waals surface area contributed by atoms with Gasteiger partial charge in [-0.3, -0.25) is 14.9 Å². The van der Waals surface area contributed by atoms with Crippen molar-refractivity contribution in [1.82, 2.24) is 5.16 Å². The van der Waals surface area contributed by atoms with E-state index in [4.69, 9.17) is 10.3 Å². The van der Waals surface area contributed by atoms with E-state index in [0.29, 0.717) is 16.7 Å². The fourth-order valence-corrected chi connectivity index (χ4v) is 2.02. The molecule has 3 rings (SSSR count). The Morgan fingerprint density at radius 3 is 2.64 bits per heavy atom. The van der Waals surface area contributed by atoms with Crippen molar-refractivity contribution >= 4 is 34.1 Å². The number of hydrogen-bond donors (Lipinski definition) is 2. The molecular weight excluding hydrogens is 288 g/mol. The van der Waals surface area contributed by atoms with Gasteiger partial charge in [-0.2, -0.15) is 0 Å². The first-order valence-corrected chi connectivity index (χ1v) is 6.26. The number of nitro groups is 1. The van der Waals surface area contributed by atoms with Crippen molar-refractivity contribution in [1.29, 1.82) is 0 Å². The van der Waals surface area contributed by atoms with Crippen LogP contribution in [0.25, 0.3) is 11.0 Å². The Morgan fingerprint density at radius 2 is 1.95 bits per heavy atom. The van der Waals surface area contributed by atoms with E-state index in [1.54, 1.807) is 18.2 Å². The maximum absolute atomic E-state index is 12.1. The molecule has 0 saturated heterocycles. The molecule has 0 aliphatic heterocycles. The topological polar surface area (TPSA) is 124 Å². The molecule has 0 unspecified atom stereocenters. The van der Waals surface area contributed by atoms with Crippen LogP contribution >= 0.6 is 0 Å². The van der Waals surface area contributed by atoms with Crippen LogP contribution in [0.2, 0.25) is 0 Å². The molecule has 22 heavy (non-hydrogen) atoms. The van der Waals surface area contributed by atoms with Crippen LogP contribution in [0.4, 0.5) is 17.2 Å². The number of rotatable bonds is 3. The molecule has 0 bridgehead atoms. The lowest BCUT2D eigenvalue weighted by Crippen LogP contribution is -2.12. The molecule has 3 aromatic rings. The summed E-state index contributed by atoms with van der Waals surface area (Å²) in [6.07, 6.45) is 0. The van der Waals surface area contributed by atoms with Crippen molar-refractivity contribution in [2.45, 2.75) is 0 Å². The number of benzene rings is 2. The number of nitrogens with one attached hydrogen (secondary N) is 1. The molecule has 0 radical (unpaired) electrons. The van der Waals surface area contributed by atoms with Gasteiger partial charge in [-0.25, -0.2) is 0 Å². The standard InChI is InChI=1S/C14H10N4O4/c15-10-2-1-3-11-12(10)13(17-22-11)16-14(19)8-4-6-9(7-5-8)18(20)21/h1-7H,15H2,(H,16,17,19). The number of nitrogen functional groups attached to an aromatic ring is 1. The number of carbonyl (C=O) groups excluding carboxylic acids is 1. The van der Waals surface area contributed by atoms with Gasteiger partial charge in [0.1, 0.15) is 0 Å². The lowest BCUT2D eigenvalue weighted by molar-refractivity contribution is -0.384. The Kier molecular flexibility index (Phi) is 3.18. The number of nitro benzene ring substituents is 1. The summed E-state index contributed by atoms with van der Waals surface area (Å²) < 4.78 is 5.08. The number of aromatic nitrogens is 1. The van der Waals surface area contributed by atoms with Gasteiger partial charge in [0.2, 0.25) is 0 Å². The van der Waals surface area contributed by atoms with Gasteiger partial charge in [0.25, 0.3) is 11.6 Å². The third-order valence-corrected chi connectivity index (χ3v) is 3.10. The monoisotopic (exact) mass is 298 g/mol. The first-order valence-electron chi connectivity index (χ1n) is 6.26. The van der Waals surface area contributed by atoms with Crippen molar-refractivity contribution in [2.75, 3.05) is 11.1 Å². The highest BCUT2D eigenvalue weighted by atomic mass is 16.6. The number of amides is 1. The van der Waals surface area contributed by atoms with E-state index in [0.717, 1.165) is 0 Å². The number of nitrogens with two attached hydrogens (primary N) is 1. The fraction of sp³-hybridized carbons (Fsp3) is 0. The van der Waals surface area contributed by atoms with E-state index in [1.165, 1.54) is 24.3 Å². The molecule has 0 aliphatic rings. The van der Waals surface area contributed by atoms with Crippen LogP contribution in [0.5, 0.6) is 0 Å². The first-order chi connectivity index (χ1) is 10.6. The molecule has 110 valence electrons. The van der Waals surface area contributed by atoms with Gasteiger partial charge in [-0.15, -0.1) is 0 Å². The lowest BCUT2D eigenvalue weighted by Gasteiger charge is -2.02. The van der Waals surface area contributed by atoms with Crippen molar-refractivity contribution in [3.8, 4) is 0 Å². The number of carbonyl (C=O) groups is 1. The average Bonchev–Trinajstić information content (AvgIpc) is 2.92. The van der Waals surface area contributed by atoms with Crippen molar-refractivity contribution in [2.24, 2.45) is 0 Å². The minimum atomic E-state index is -0.534. The molecule has 1 aromatic heterocycles. The Morgan fingerprint density at radius 1 is 1.23 bits per heavy atom. The molecule has 1 heterocycles. The molecule has 0 fully saturated rings. The Labute approximate surface area is 123 Å². The summed E-state index contributed by atoms with van der Waals surface area (Å²) in [7, 11) is 0. The molecular formula is C14H10N4O4. The lowest BCUT2D eigenvalue weighted by atomic mass is 10.2. The molecule has 0 aliphatic carbocycles. The zero-order valence-electron chi connectivity index (χ0n) is 11.1. The van der Waals surface area contributed by atoms with E-state index in [1.807, 2.05) is 0 Å². The average molecular weight is 298 g/mol. The fourth-order valence-electron chi connectivity index (χ4n) is 2.02. The SMILES string of the molecule is Nc1cccc2onc(NC(=O)c3ccc([N+](=O)[O-])cc3)c12. The second-order valence-corrected chi connectivity index (χ2v) is 4.51. The maximum atomic E-state index is 12.1. The van der Waals surface area contributed by atoms with Gasteiger partial charge < -0.3 is 15.6 Å². The minimum Gasteiger partial charge on any atom is -0.398 e. The van der Waals surface area contributed by atoms with E-state index in [9.17, 15) is 14.9 Å². The van der Waals surface area contributed by atoms with Gasteiger partial charge in [0, 0.05) is 23.4 Å². The number of anilines is 2. The predicted molar refractivity (Wildman–Crippen MR) is 79.5 cm³/mol. The van der Waals surface area contributed by atoms with E-state index < -0.39 is 10.8 Å². The van der Waals surface area contributed by atoms with Crippen molar-refractivity contribution < 1.29 is 14.2 Å². The second-order valence-electron chi connectivity index (χ2n) is 4.51. The summed E-state index contributed by atoms with van der Waals surface area (Å²) in [4.78, 5) is 22.2. The number of nitrogens with zero attached hydrogens (tertiary/aromatic N) is 2. The predicted octanol–water partition coefficient (Wildman–Crippen LogP) is 2.57. The van der Waals surface area contributed by atoms with E-state index in [2.05, 4.69) is 10.5 Å². The smallest absolute Gasteiger partial charge is 0.269 e. The van der Waals surface area contributed by atoms with E-state index in [-0.39, 0.29) is 17.1 Å². The Hall–Kier alpha value is -3.42. The summed E-state index contributed by atoms with van der Waals surface area (Å²) in [5, 5.41) is 17.5. The molecule has 8 heteroatoms. The molecule has 2 aromatic carbocycles. The highest BCUT2D eigenvalue weighted by molar-refractivity contribution is 6.09. The molecule has 0 saturated carbocycles. The maximum Gasteiger partial charge on any atom is 0.269 e. The normalized spacial score (nSPS) is 10.5. The summed E-state index contributed by atoms with van der Waals surface area (Å²) in [5.41, 5.74) is 6.90. The largest absolute Gasteiger partial charge is 0.398 e. The Bertz CT molecular complexity index is 870. The summed E-state index contributed by atoms with van der Waals surface area (Å²) in [6.45, 7) is 0. The number of non-ortho nitro benzene ring substituents is 1. The zero-order valence-corrected chi connectivity index (χ0v) is 11.1. The second kappa shape index (κ2) is 5.17. The number of hydrogen-bond acceptors (Lipinski definition) is 6. The zero-order chi connectivity index (χ0) is 15.7. The van der Waals surface area contributed by atoms with Gasteiger partial charge in [0.15, 0.2) is 11.4 Å². The van der Waals surface area contributed by atoms with Crippen molar-refractivity contribution in [3.63, 3.8) is 0 Å². The third kappa shape index (κ3) is 2.33. The minimum absolute atomic E-state index is 0.0901. The van der Waals surface area contributed by atoms with Crippen LogP contribution in [0.1, 0.15) is 10.4 Å². The highest BCUT2D eigenvalue weighted by Gasteiger charge is 2.15. The van der Waals surface area contributed by atoms with Crippen LogP contribution < -0.4 is 11.1 Å². The van der Waals surface area contributed by atoms with Crippen LogP contribution in [0.3, 0.4) is 0 Å². The van der Waals surface area contributed by atoms with Crippen molar-refractivity contribution in [3.05, 3.63) is 58.1 Å². The van der Waals surface area contributed by atoms with Gasteiger partial charge in [-0.05, 0) is 24.3 Å². The number of fused-ring (bicyclic) bond motifs is 1. The summed E-state index contributed by atoms with van der Waals surface area (Å²) >= 11 is 0. The van der Waals surface area contributed by atoms with Crippen LogP contribution in [0.15, 0.2) is 47.0 Å². The molecule has 0 spiro atoms. The van der Waals surface area contributed by atoms with Crippen LogP contribution in [-0.4, -0.2) is 16.0 Å². The van der Waals surface area contributed by atoms with Crippen LogP contribution in [0, 0.1) is 10.1 Å². The summed E-state index contributed by atoms with van der Waals surface area (Å²) in [6, 6.07) is 10.3. The highest BCUT2D eigenvalue weighted by Crippen LogP contribution is 2.28. The molecule has 3 N–H and O–H groups in total. The Balaban J connectivity index is 1.88. The van der Waals surface area contributed by atoms with Gasteiger partial charge in [0.05, 0.1) is 10.3 Å². The first kappa shape index (κ1) is 13.6. The molecule has 0 atom stereocenters. The molecule has 8 nitrogen and oxygen atoms in total. The molecule has 1 amide bonds. The third-order valence-electron chi connectivity index (χ3n) is 3.10. The van der Waals surface area contributed by atoms with Gasteiger partial charge >= 0.3 is 0 Å². The summed E-state index contributed by atoms with van der Waals surface area (Å²) in [5.74, 6) is -0.259. The van der Waals surface area contributed by atoms with E-state index >= 15 is 0 Å². The van der Waals surface area contributed by atoms with Gasteiger partial charge in [-0.1, -0.05) is 11.2 Å². The van der Waals surface area contributed by atoms with Crippen LogP contribution in [-0.2, 0) is 0 Å². The quantitative estimate of drug-likeness (QED) is 0.435.